The molecule has 1 rings (SSSR count). The van der Waals surface area contributed by atoms with Gasteiger partial charge in [-0.05, 0) is 24.9 Å². The van der Waals surface area contributed by atoms with Crippen LogP contribution < -0.4 is 5.32 Å². The third-order valence-electron chi connectivity index (χ3n) is 2.49. The van der Waals surface area contributed by atoms with Gasteiger partial charge in [0, 0.05) is 12.6 Å². The van der Waals surface area contributed by atoms with Crippen LogP contribution in [0.25, 0.3) is 0 Å². The summed E-state index contributed by atoms with van der Waals surface area (Å²) in [5, 5.41) is 14.5. The highest BCUT2D eigenvalue weighted by Gasteiger charge is 2.15. The first-order chi connectivity index (χ1) is 8.02. The number of nitro benzene ring substituents is 1. The molecule has 0 bridgehead atoms. The smallest absolute Gasteiger partial charge is 0.275 e. The van der Waals surface area contributed by atoms with Crippen LogP contribution in [-0.4, -0.2) is 11.5 Å². The van der Waals surface area contributed by atoms with Gasteiger partial charge in [-0.1, -0.05) is 31.5 Å². The van der Waals surface area contributed by atoms with Gasteiger partial charge >= 0.3 is 0 Å². The van der Waals surface area contributed by atoms with Crippen LogP contribution in [0.15, 0.2) is 18.2 Å². The normalized spacial score (nSPS) is 10.8. The molecule has 17 heavy (non-hydrogen) atoms. The van der Waals surface area contributed by atoms with Gasteiger partial charge in [0.1, 0.15) is 0 Å². The SMILES string of the molecule is CC(C)CCNCc1c(Cl)cccc1[N+](=O)[O-]. The largest absolute Gasteiger partial charge is 0.312 e. The topological polar surface area (TPSA) is 55.2 Å². The first kappa shape index (κ1) is 13.9. The summed E-state index contributed by atoms with van der Waals surface area (Å²) in [5.74, 6) is 0.615. The Kier molecular flexibility index (Phi) is 5.38. The second kappa shape index (κ2) is 6.57. The number of nitrogens with zero attached hydrogens (tertiary/aromatic N) is 1. The van der Waals surface area contributed by atoms with E-state index >= 15 is 0 Å². The molecule has 0 spiro atoms. The molecule has 0 aliphatic rings. The van der Waals surface area contributed by atoms with Crippen molar-refractivity contribution < 1.29 is 4.92 Å². The Labute approximate surface area is 106 Å². The minimum Gasteiger partial charge on any atom is -0.312 e. The zero-order valence-corrected chi connectivity index (χ0v) is 10.8. The van der Waals surface area contributed by atoms with Gasteiger partial charge in [-0.3, -0.25) is 10.1 Å². The minimum absolute atomic E-state index is 0.0783. The third-order valence-corrected chi connectivity index (χ3v) is 2.85. The Bertz CT molecular complexity index is 394. The lowest BCUT2D eigenvalue weighted by Crippen LogP contribution is -2.17. The van der Waals surface area contributed by atoms with E-state index in [4.69, 9.17) is 11.6 Å². The lowest BCUT2D eigenvalue weighted by atomic mass is 10.1. The summed E-state index contributed by atoms with van der Waals surface area (Å²) in [5.41, 5.74) is 0.637. The molecule has 0 heterocycles. The molecular weight excluding hydrogens is 240 g/mol. The molecule has 1 N–H and O–H groups in total. The predicted molar refractivity (Wildman–Crippen MR) is 69.3 cm³/mol. The molecule has 0 unspecified atom stereocenters. The van der Waals surface area contributed by atoms with Crippen LogP contribution in [0.1, 0.15) is 25.8 Å². The fourth-order valence-corrected chi connectivity index (χ4v) is 1.73. The Morgan fingerprint density at radius 3 is 2.76 bits per heavy atom. The van der Waals surface area contributed by atoms with Gasteiger partial charge in [0.25, 0.3) is 5.69 Å². The van der Waals surface area contributed by atoms with Gasteiger partial charge in [0.15, 0.2) is 0 Å². The lowest BCUT2D eigenvalue weighted by Gasteiger charge is -2.08. The summed E-state index contributed by atoms with van der Waals surface area (Å²) in [6.45, 7) is 5.54. The Morgan fingerprint density at radius 1 is 1.47 bits per heavy atom. The molecule has 4 nitrogen and oxygen atoms in total. The first-order valence-corrected chi connectivity index (χ1v) is 6.02. The molecule has 0 fully saturated rings. The second-order valence-electron chi connectivity index (χ2n) is 4.35. The molecule has 1 aromatic rings. The van der Waals surface area contributed by atoms with E-state index in [1.54, 1.807) is 12.1 Å². The van der Waals surface area contributed by atoms with Crippen LogP contribution >= 0.6 is 11.6 Å². The van der Waals surface area contributed by atoms with E-state index in [-0.39, 0.29) is 5.69 Å². The molecular formula is C12H17ClN2O2. The number of hydrogen-bond donors (Lipinski definition) is 1. The molecule has 0 aliphatic carbocycles. The maximum Gasteiger partial charge on any atom is 0.275 e. The van der Waals surface area contributed by atoms with Crippen molar-refractivity contribution >= 4 is 17.3 Å². The van der Waals surface area contributed by atoms with Crippen LogP contribution in [0.3, 0.4) is 0 Å². The highest BCUT2D eigenvalue weighted by molar-refractivity contribution is 6.31. The van der Waals surface area contributed by atoms with Crippen molar-refractivity contribution in [1.82, 2.24) is 5.32 Å². The molecule has 0 atom stereocenters. The monoisotopic (exact) mass is 256 g/mol. The number of nitro groups is 1. The van der Waals surface area contributed by atoms with Gasteiger partial charge in [-0.2, -0.15) is 0 Å². The summed E-state index contributed by atoms with van der Waals surface area (Å²) < 4.78 is 0. The molecule has 0 aliphatic heterocycles. The van der Waals surface area contributed by atoms with Crippen molar-refractivity contribution in [2.24, 2.45) is 5.92 Å². The van der Waals surface area contributed by atoms with Gasteiger partial charge in [0.2, 0.25) is 0 Å². The molecule has 0 aromatic heterocycles. The molecule has 0 saturated heterocycles. The van der Waals surface area contributed by atoms with Gasteiger partial charge in [-0.25, -0.2) is 0 Å². The lowest BCUT2D eigenvalue weighted by molar-refractivity contribution is -0.385. The molecule has 0 radical (unpaired) electrons. The van der Waals surface area contributed by atoms with Crippen molar-refractivity contribution in [2.75, 3.05) is 6.54 Å². The van der Waals surface area contributed by atoms with Crippen molar-refractivity contribution in [3.8, 4) is 0 Å². The Morgan fingerprint density at radius 2 is 2.18 bits per heavy atom. The summed E-state index contributed by atoms with van der Waals surface area (Å²) >= 11 is 5.97. The molecule has 5 heteroatoms. The quantitative estimate of drug-likeness (QED) is 0.482. The zero-order valence-electron chi connectivity index (χ0n) is 10.1. The van der Waals surface area contributed by atoms with E-state index in [0.717, 1.165) is 13.0 Å². The van der Waals surface area contributed by atoms with Crippen LogP contribution in [0.5, 0.6) is 0 Å². The van der Waals surface area contributed by atoms with E-state index in [1.165, 1.54) is 6.07 Å². The fraction of sp³-hybridized carbons (Fsp3) is 0.500. The van der Waals surface area contributed by atoms with Crippen LogP contribution in [0, 0.1) is 16.0 Å². The second-order valence-corrected chi connectivity index (χ2v) is 4.76. The molecule has 1 aromatic carbocycles. The van der Waals surface area contributed by atoms with Gasteiger partial charge < -0.3 is 5.32 Å². The molecule has 0 saturated carbocycles. The van der Waals surface area contributed by atoms with Crippen molar-refractivity contribution in [1.29, 1.82) is 0 Å². The average molecular weight is 257 g/mol. The summed E-state index contributed by atoms with van der Waals surface area (Å²) in [6.07, 6.45) is 1.04. The highest BCUT2D eigenvalue weighted by Crippen LogP contribution is 2.25. The van der Waals surface area contributed by atoms with Crippen LogP contribution in [0.4, 0.5) is 5.69 Å². The average Bonchev–Trinajstić information content (AvgIpc) is 2.25. The summed E-state index contributed by atoms with van der Waals surface area (Å²) in [6, 6.07) is 4.75. The minimum atomic E-state index is -0.397. The zero-order chi connectivity index (χ0) is 12.8. The Hall–Kier alpha value is -1.13. The standard InChI is InChI=1S/C12H17ClN2O2/c1-9(2)6-7-14-8-10-11(13)4-3-5-12(10)15(16)17/h3-5,9,14H,6-8H2,1-2H3. The number of nitrogens with one attached hydrogen (secondary N) is 1. The van der Waals surface area contributed by atoms with Crippen LogP contribution in [0.2, 0.25) is 5.02 Å². The molecule has 94 valence electrons. The van der Waals surface area contributed by atoms with Crippen LogP contribution in [-0.2, 0) is 6.54 Å². The van der Waals surface area contributed by atoms with Crippen molar-refractivity contribution in [3.05, 3.63) is 38.9 Å². The Balaban J connectivity index is 2.66. The van der Waals surface area contributed by atoms with Crippen molar-refractivity contribution in [2.45, 2.75) is 26.8 Å². The fourth-order valence-electron chi connectivity index (χ4n) is 1.50. The maximum atomic E-state index is 10.8. The van der Waals surface area contributed by atoms with E-state index in [0.29, 0.717) is 23.0 Å². The predicted octanol–water partition coefficient (Wildman–Crippen LogP) is 3.38. The van der Waals surface area contributed by atoms with Gasteiger partial charge in [-0.15, -0.1) is 0 Å². The van der Waals surface area contributed by atoms with Gasteiger partial charge in [0.05, 0.1) is 15.5 Å². The van der Waals surface area contributed by atoms with E-state index in [2.05, 4.69) is 19.2 Å². The molecule has 0 amide bonds. The maximum absolute atomic E-state index is 10.8. The van der Waals surface area contributed by atoms with E-state index < -0.39 is 4.92 Å². The summed E-state index contributed by atoms with van der Waals surface area (Å²) in [4.78, 5) is 10.4. The highest BCUT2D eigenvalue weighted by atomic mass is 35.5. The number of benzene rings is 1. The van der Waals surface area contributed by atoms with E-state index in [9.17, 15) is 10.1 Å². The first-order valence-electron chi connectivity index (χ1n) is 5.65. The van der Waals surface area contributed by atoms with E-state index in [1.807, 2.05) is 0 Å². The number of hydrogen-bond acceptors (Lipinski definition) is 3. The third kappa shape index (κ3) is 4.32. The number of rotatable bonds is 6. The number of halogens is 1. The van der Waals surface area contributed by atoms with Crippen molar-refractivity contribution in [3.63, 3.8) is 0 Å². The summed E-state index contributed by atoms with van der Waals surface area (Å²) in [7, 11) is 0.